The summed E-state index contributed by atoms with van der Waals surface area (Å²) in [6.45, 7) is 6.34. The van der Waals surface area contributed by atoms with Crippen molar-refractivity contribution >= 4 is 12.2 Å². The van der Waals surface area contributed by atoms with Crippen LogP contribution in [0.3, 0.4) is 0 Å². The number of hydrogen-bond donors (Lipinski definition) is 2. The third-order valence-corrected chi connectivity index (χ3v) is 3.97. The van der Waals surface area contributed by atoms with E-state index in [2.05, 4.69) is 27.4 Å². The van der Waals surface area contributed by atoms with E-state index in [1.807, 2.05) is 18.2 Å². The van der Waals surface area contributed by atoms with Crippen LogP contribution in [0.15, 0.2) is 28.1 Å². The van der Waals surface area contributed by atoms with Crippen LogP contribution >= 0.6 is 0 Å². The van der Waals surface area contributed by atoms with Crippen LogP contribution in [-0.2, 0) is 0 Å². The van der Waals surface area contributed by atoms with Crippen molar-refractivity contribution in [1.29, 1.82) is 0 Å². The molecule has 140 valence electrons. The maximum absolute atomic E-state index is 11.7. The van der Waals surface area contributed by atoms with Crippen molar-refractivity contribution in [2.45, 2.75) is 40.0 Å². The summed E-state index contributed by atoms with van der Waals surface area (Å²) in [5.74, 6) is 1.68. The molecule has 1 heterocycles. The van der Waals surface area contributed by atoms with E-state index < -0.39 is 0 Å². The largest absolute Gasteiger partial charge is 0.493 e. The number of aromatic nitrogens is 2. The number of hydrogen-bond acceptors (Lipinski definition) is 6. The average Bonchev–Trinajstić information content (AvgIpc) is 2.64. The second-order valence-electron chi connectivity index (χ2n) is 5.96. The summed E-state index contributed by atoms with van der Waals surface area (Å²) in [4.78, 5) is 18.6. The lowest BCUT2D eigenvalue weighted by Crippen LogP contribution is -2.15. The van der Waals surface area contributed by atoms with Gasteiger partial charge in [0.25, 0.3) is 5.56 Å². The van der Waals surface area contributed by atoms with Crippen LogP contribution in [0.4, 0.5) is 5.95 Å². The van der Waals surface area contributed by atoms with Crippen molar-refractivity contribution in [2.24, 2.45) is 5.10 Å². The third-order valence-electron chi connectivity index (χ3n) is 3.97. The number of ether oxygens (including phenoxy) is 2. The Morgan fingerprint density at radius 1 is 1.27 bits per heavy atom. The molecule has 0 atom stereocenters. The van der Waals surface area contributed by atoms with Crippen LogP contribution in [0.1, 0.15) is 43.0 Å². The van der Waals surface area contributed by atoms with Crippen molar-refractivity contribution in [2.75, 3.05) is 19.1 Å². The van der Waals surface area contributed by atoms with Crippen LogP contribution in [0.2, 0.25) is 0 Å². The molecule has 0 aliphatic carbocycles. The lowest BCUT2D eigenvalue weighted by molar-refractivity contribution is 0.286. The maximum Gasteiger partial charge on any atom is 0.255 e. The first-order valence-electron chi connectivity index (χ1n) is 8.72. The number of benzene rings is 1. The number of aromatic amines is 1. The molecule has 0 aliphatic heterocycles. The Morgan fingerprint density at radius 3 is 2.77 bits per heavy atom. The Labute approximate surface area is 153 Å². The van der Waals surface area contributed by atoms with E-state index in [0.717, 1.165) is 24.8 Å². The van der Waals surface area contributed by atoms with Gasteiger partial charge in [0.1, 0.15) is 0 Å². The Morgan fingerprint density at radius 2 is 2.08 bits per heavy atom. The van der Waals surface area contributed by atoms with Gasteiger partial charge in [-0.3, -0.25) is 9.78 Å². The molecule has 2 aromatic rings. The highest BCUT2D eigenvalue weighted by Gasteiger charge is 2.05. The number of unbranched alkanes of at least 4 members (excludes halogenated alkanes) is 2. The molecule has 1 aromatic heterocycles. The van der Waals surface area contributed by atoms with E-state index in [4.69, 9.17) is 9.47 Å². The first kappa shape index (κ1) is 19.5. The van der Waals surface area contributed by atoms with Crippen molar-refractivity contribution in [3.05, 3.63) is 45.4 Å². The fourth-order valence-electron chi connectivity index (χ4n) is 2.28. The number of anilines is 1. The Hall–Kier alpha value is -2.83. The van der Waals surface area contributed by atoms with Crippen LogP contribution in [-0.4, -0.2) is 29.9 Å². The predicted octanol–water partition coefficient (Wildman–Crippen LogP) is 3.41. The Balaban J connectivity index is 2.02. The predicted molar refractivity (Wildman–Crippen MR) is 104 cm³/mol. The number of H-pyrrole nitrogens is 1. The van der Waals surface area contributed by atoms with Crippen LogP contribution in [0.25, 0.3) is 0 Å². The molecule has 1 aromatic carbocycles. The van der Waals surface area contributed by atoms with Gasteiger partial charge in [0.15, 0.2) is 11.5 Å². The van der Waals surface area contributed by atoms with E-state index in [1.165, 1.54) is 0 Å². The topological polar surface area (TPSA) is 88.6 Å². The minimum atomic E-state index is -0.179. The number of nitrogens with zero attached hydrogens (tertiary/aromatic N) is 2. The zero-order valence-electron chi connectivity index (χ0n) is 15.8. The molecule has 0 spiro atoms. The van der Waals surface area contributed by atoms with Crippen LogP contribution < -0.4 is 20.5 Å². The van der Waals surface area contributed by atoms with Gasteiger partial charge in [-0.05, 0) is 44.0 Å². The molecule has 2 N–H and O–H groups in total. The second kappa shape index (κ2) is 9.60. The molecule has 0 saturated carbocycles. The highest BCUT2D eigenvalue weighted by molar-refractivity contribution is 5.81. The molecule has 26 heavy (non-hydrogen) atoms. The van der Waals surface area contributed by atoms with Gasteiger partial charge in [-0.25, -0.2) is 10.4 Å². The van der Waals surface area contributed by atoms with E-state index in [-0.39, 0.29) is 5.56 Å². The molecule has 0 bridgehead atoms. The molecule has 0 amide bonds. The summed E-state index contributed by atoms with van der Waals surface area (Å²) < 4.78 is 11.1. The second-order valence-corrected chi connectivity index (χ2v) is 5.96. The highest BCUT2D eigenvalue weighted by Crippen LogP contribution is 2.27. The number of rotatable bonds is 9. The van der Waals surface area contributed by atoms with Crippen molar-refractivity contribution < 1.29 is 9.47 Å². The molecule has 2 rings (SSSR count). The van der Waals surface area contributed by atoms with E-state index in [0.29, 0.717) is 35.3 Å². The van der Waals surface area contributed by atoms with Crippen molar-refractivity contribution in [3.63, 3.8) is 0 Å². The quantitative estimate of drug-likeness (QED) is 0.407. The molecule has 0 aliphatic rings. The number of nitrogens with one attached hydrogen (secondary N) is 2. The normalized spacial score (nSPS) is 10.9. The third kappa shape index (κ3) is 5.34. The first-order chi connectivity index (χ1) is 12.5. The number of aryl methyl sites for hydroxylation is 1. The lowest BCUT2D eigenvalue weighted by atomic mass is 10.2. The van der Waals surface area contributed by atoms with E-state index in [9.17, 15) is 4.79 Å². The Kier molecular flexibility index (Phi) is 7.20. The summed E-state index contributed by atoms with van der Waals surface area (Å²) in [5, 5.41) is 4.11. The molecule has 0 unspecified atom stereocenters. The molecular formula is C19H26N4O3. The fraction of sp³-hybridized carbons (Fsp3) is 0.421. The summed E-state index contributed by atoms with van der Waals surface area (Å²) in [6.07, 6.45) is 4.95. The van der Waals surface area contributed by atoms with Gasteiger partial charge >= 0.3 is 0 Å². The molecule has 0 radical (unpaired) electrons. The average molecular weight is 358 g/mol. The van der Waals surface area contributed by atoms with Crippen LogP contribution in [0, 0.1) is 13.8 Å². The monoisotopic (exact) mass is 358 g/mol. The number of methoxy groups -OCH3 is 1. The lowest BCUT2D eigenvalue weighted by Gasteiger charge is -2.11. The van der Waals surface area contributed by atoms with Gasteiger partial charge in [-0.15, -0.1) is 0 Å². The fourth-order valence-corrected chi connectivity index (χ4v) is 2.28. The molecule has 0 fully saturated rings. The SMILES string of the molecule is CCCCCOc1ccc(/C=N\Nc2nc(C)c(C)c(=O)[nH]2)cc1OC. The van der Waals surface area contributed by atoms with Crippen molar-refractivity contribution in [1.82, 2.24) is 9.97 Å². The number of hydrazone groups is 1. The van der Waals surface area contributed by atoms with Gasteiger partial charge in [0.05, 0.1) is 19.9 Å². The zero-order chi connectivity index (χ0) is 18.9. The molecular weight excluding hydrogens is 332 g/mol. The minimum Gasteiger partial charge on any atom is -0.493 e. The highest BCUT2D eigenvalue weighted by atomic mass is 16.5. The van der Waals surface area contributed by atoms with E-state index in [1.54, 1.807) is 27.2 Å². The smallest absolute Gasteiger partial charge is 0.255 e. The molecule has 7 nitrogen and oxygen atoms in total. The summed E-state index contributed by atoms with van der Waals surface area (Å²) in [5.41, 5.74) is 4.65. The Bertz CT molecular complexity index is 815. The van der Waals surface area contributed by atoms with Crippen molar-refractivity contribution in [3.8, 4) is 11.5 Å². The molecule has 0 saturated heterocycles. The van der Waals surface area contributed by atoms with Gasteiger partial charge in [0, 0.05) is 11.3 Å². The van der Waals surface area contributed by atoms with Gasteiger partial charge in [-0.1, -0.05) is 19.8 Å². The standard InChI is InChI=1S/C19H26N4O3/c1-5-6-7-10-26-16-9-8-15(11-17(16)25-4)12-20-23-19-21-14(3)13(2)18(24)22-19/h8-9,11-12H,5-7,10H2,1-4H3,(H2,21,22,23,24)/b20-12-. The summed E-state index contributed by atoms with van der Waals surface area (Å²) in [7, 11) is 1.61. The minimum absolute atomic E-state index is 0.179. The van der Waals surface area contributed by atoms with Gasteiger partial charge in [-0.2, -0.15) is 5.10 Å². The summed E-state index contributed by atoms with van der Waals surface area (Å²) in [6, 6.07) is 5.60. The zero-order valence-corrected chi connectivity index (χ0v) is 15.8. The van der Waals surface area contributed by atoms with Gasteiger partial charge < -0.3 is 9.47 Å². The molecule has 7 heteroatoms. The first-order valence-corrected chi connectivity index (χ1v) is 8.72. The van der Waals surface area contributed by atoms with E-state index >= 15 is 0 Å². The van der Waals surface area contributed by atoms with Crippen LogP contribution in [0.5, 0.6) is 11.5 Å². The maximum atomic E-state index is 11.7. The summed E-state index contributed by atoms with van der Waals surface area (Å²) >= 11 is 0. The van der Waals surface area contributed by atoms with Gasteiger partial charge in [0.2, 0.25) is 5.95 Å².